The van der Waals surface area contributed by atoms with Crippen LogP contribution in [0.1, 0.15) is 31.2 Å². The van der Waals surface area contributed by atoms with E-state index in [1.165, 1.54) is 5.56 Å². The van der Waals surface area contributed by atoms with Gasteiger partial charge in [-0.25, -0.2) is 0 Å². The molecule has 4 nitrogen and oxygen atoms in total. The summed E-state index contributed by atoms with van der Waals surface area (Å²) in [5, 5.41) is 5.33. The molecule has 0 unspecified atom stereocenters. The minimum atomic E-state index is -0.295. The molecule has 1 aliphatic heterocycles. The second-order valence-corrected chi connectivity index (χ2v) is 4.91. The van der Waals surface area contributed by atoms with Crippen LogP contribution in [-0.2, 0) is 16.0 Å². The van der Waals surface area contributed by atoms with Crippen molar-refractivity contribution in [3.05, 3.63) is 35.9 Å². The van der Waals surface area contributed by atoms with E-state index in [-0.39, 0.29) is 17.9 Å². The second kappa shape index (κ2) is 6.92. The van der Waals surface area contributed by atoms with Crippen molar-refractivity contribution in [2.45, 2.75) is 38.1 Å². The van der Waals surface area contributed by atoms with Crippen molar-refractivity contribution in [2.24, 2.45) is 0 Å². The highest BCUT2D eigenvalue weighted by Gasteiger charge is 2.28. The fraction of sp³-hybridized carbons (Fsp3) is 0.467. The maximum atomic E-state index is 11.5. The van der Waals surface area contributed by atoms with E-state index in [2.05, 4.69) is 22.8 Å². The van der Waals surface area contributed by atoms with Gasteiger partial charge in [0.25, 0.3) is 0 Å². The first kappa shape index (κ1) is 13.6. The molecule has 1 aliphatic rings. The maximum Gasteiger partial charge on any atom is 0.244 e. The first-order valence-electron chi connectivity index (χ1n) is 6.87. The van der Waals surface area contributed by atoms with Crippen LogP contribution in [0.5, 0.6) is 0 Å². The predicted molar refractivity (Wildman–Crippen MR) is 73.6 cm³/mol. The first-order chi connectivity index (χ1) is 9.25. The molecule has 19 heavy (non-hydrogen) atoms. The zero-order chi connectivity index (χ0) is 13.5. The molecule has 1 aromatic rings. The van der Waals surface area contributed by atoms with Gasteiger partial charge in [-0.2, -0.15) is 0 Å². The number of aryl methyl sites for hydroxylation is 1. The molecule has 2 rings (SSSR count). The van der Waals surface area contributed by atoms with E-state index < -0.39 is 0 Å². The number of hydrogen-bond donors (Lipinski definition) is 2. The van der Waals surface area contributed by atoms with Crippen molar-refractivity contribution in [3.63, 3.8) is 0 Å². The van der Waals surface area contributed by atoms with Crippen molar-refractivity contribution < 1.29 is 9.59 Å². The van der Waals surface area contributed by atoms with E-state index in [4.69, 9.17) is 0 Å². The monoisotopic (exact) mass is 260 g/mol. The third-order valence-corrected chi connectivity index (χ3v) is 3.34. The fourth-order valence-corrected chi connectivity index (χ4v) is 2.11. The van der Waals surface area contributed by atoms with Crippen molar-refractivity contribution in [3.8, 4) is 0 Å². The highest BCUT2D eigenvalue weighted by atomic mass is 16.2. The van der Waals surface area contributed by atoms with E-state index in [1.54, 1.807) is 0 Å². The Morgan fingerprint density at radius 3 is 2.63 bits per heavy atom. The molecule has 0 aromatic heterocycles. The molecule has 1 saturated heterocycles. The molecule has 0 bridgehead atoms. The minimum absolute atomic E-state index is 0.0143. The average Bonchev–Trinajstić information content (AvgIpc) is 2.44. The molecular weight excluding hydrogens is 240 g/mol. The van der Waals surface area contributed by atoms with Gasteiger partial charge in [0.1, 0.15) is 6.04 Å². The SMILES string of the molecule is O=C(CCCCCc1ccccc1)N[C@H]1CNC1=O. The highest BCUT2D eigenvalue weighted by molar-refractivity contribution is 5.92. The fourth-order valence-electron chi connectivity index (χ4n) is 2.11. The molecule has 1 aromatic carbocycles. The summed E-state index contributed by atoms with van der Waals surface area (Å²) >= 11 is 0. The Morgan fingerprint density at radius 1 is 1.21 bits per heavy atom. The van der Waals surface area contributed by atoms with Crippen LogP contribution in [0, 0.1) is 0 Å². The van der Waals surface area contributed by atoms with Gasteiger partial charge in [0.05, 0.1) is 0 Å². The lowest BCUT2D eigenvalue weighted by atomic mass is 10.1. The Labute approximate surface area is 113 Å². The van der Waals surface area contributed by atoms with Gasteiger partial charge in [0.15, 0.2) is 0 Å². The molecule has 1 atom stereocenters. The Hall–Kier alpha value is -1.84. The molecule has 0 aliphatic carbocycles. The first-order valence-corrected chi connectivity index (χ1v) is 6.87. The maximum absolute atomic E-state index is 11.5. The number of benzene rings is 1. The summed E-state index contributed by atoms with van der Waals surface area (Å²) in [5.41, 5.74) is 1.35. The number of rotatable bonds is 7. The molecule has 2 N–H and O–H groups in total. The molecule has 1 fully saturated rings. The van der Waals surface area contributed by atoms with E-state index in [9.17, 15) is 9.59 Å². The van der Waals surface area contributed by atoms with Crippen LogP contribution in [0.4, 0.5) is 0 Å². The number of β-lactam (4-membered cyclic amide) rings is 1. The number of hydrogen-bond acceptors (Lipinski definition) is 2. The average molecular weight is 260 g/mol. The molecule has 102 valence electrons. The Morgan fingerprint density at radius 2 is 2.00 bits per heavy atom. The van der Waals surface area contributed by atoms with Gasteiger partial charge in [0, 0.05) is 13.0 Å². The van der Waals surface area contributed by atoms with Gasteiger partial charge < -0.3 is 10.6 Å². The molecule has 1 heterocycles. The van der Waals surface area contributed by atoms with Crippen LogP contribution in [0.2, 0.25) is 0 Å². The summed E-state index contributed by atoms with van der Waals surface area (Å²) in [6.45, 7) is 0.568. The van der Waals surface area contributed by atoms with Crippen LogP contribution in [-0.4, -0.2) is 24.4 Å². The van der Waals surface area contributed by atoms with Crippen molar-refractivity contribution >= 4 is 11.8 Å². The molecule has 0 saturated carbocycles. The summed E-state index contributed by atoms with van der Waals surface area (Å²) in [6.07, 6.45) is 4.60. The molecule has 4 heteroatoms. The smallest absolute Gasteiger partial charge is 0.244 e. The van der Waals surface area contributed by atoms with E-state index >= 15 is 0 Å². The lowest BCUT2D eigenvalue weighted by molar-refractivity contribution is -0.133. The van der Waals surface area contributed by atoms with Crippen molar-refractivity contribution in [1.29, 1.82) is 0 Å². The number of amides is 2. The lowest BCUT2D eigenvalue weighted by Crippen LogP contribution is -2.61. The van der Waals surface area contributed by atoms with Gasteiger partial charge in [-0.1, -0.05) is 36.8 Å². The summed E-state index contributed by atoms with van der Waals surface area (Å²) in [6, 6.07) is 10.1. The predicted octanol–water partition coefficient (Wildman–Crippen LogP) is 1.40. The van der Waals surface area contributed by atoms with Crippen molar-refractivity contribution in [2.75, 3.05) is 6.54 Å². The number of nitrogens with one attached hydrogen (secondary N) is 2. The topological polar surface area (TPSA) is 58.2 Å². The van der Waals surface area contributed by atoms with E-state index in [0.29, 0.717) is 13.0 Å². The second-order valence-electron chi connectivity index (χ2n) is 4.91. The molecular formula is C15H20N2O2. The van der Waals surface area contributed by atoms with Crippen LogP contribution in [0.3, 0.4) is 0 Å². The highest BCUT2D eigenvalue weighted by Crippen LogP contribution is 2.07. The van der Waals surface area contributed by atoms with Gasteiger partial charge in [0.2, 0.25) is 11.8 Å². The van der Waals surface area contributed by atoms with Crippen LogP contribution in [0.15, 0.2) is 30.3 Å². The molecule has 0 radical (unpaired) electrons. The normalized spacial score (nSPS) is 17.5. The Kier molecular flexibility index (Phi) is 4.95. The summed E-state index contributed by atoms with van der Waals surface area (Å²) < 4.78 is 0. The number of unbranched alkanes of at least 4 members (excludes halogenated alkanes) is 2. The summed E-state index contributed by atoms with van der Waals surface area (Å²) in [5.74, 6) is -0.0861. The lowest BCUT2D eigenvalue weighted by Gasteiger charge is -2.26. The van der Waals surface area contributed by atoms with Crippen LogP contribution < -0.4 is 10.6 Å². The third-order valence-electron chi connectivity index (χ3n) is 3.34. The van der Waals surface area contributed by atoms with Crippen LogP contribution >= 0.6 is 0 Å². The summed E-state index contributed by atoms with van der Waals surface area (Å²) in [7, 11) is 0. The quantitative estimate of drug-likeness (QED) is 0.575. The molecule has 0 spiro atoms. The molecule has 2 amide bonds. The van der Waals surface area contributed by atoms with Gasteiger partial charge in [-0.3, -0.25) is 9.59 Å². The zero-order valence-electron chi connectivity index (χ0n) is 11.0. The standard InChI is InChI=1S/C15H20N2O2/c18-14(17-13-11-16-15(13)19)10-6-2-5-9-12-7-3-1-4-8-12/h1,3-4,7-8,13H,2,5-6,9-11H2,(H,16,19)(H,17,18)/t13-/m0/s1. The van der Waals surface area contributed by atoms with Gasteiger partial charge in [-0.05, 0) is 24.8 Å². The minimum Gasteiger partial charge on any atom is -0.352 e. The van der Waals surface area contributed by atoms with Gasteiger partial charge >= 0.3 is 0 Å². The number of carbonyl (C=O) groups excluding carboxylic acids is 2. The third kappa shape index (κ3) is 4.39. The Bertz CT molecular complexity index is 431. The van der Waals surface area contributed by atoms with Crippen LogP contribution in [0.25, 0.3) is 0 Å². The van der Waals surface area contributed by atoms with E-state index in [0.717, 1.165) is 25.7 Å². The Balaban J connectivity index is 1.52. The summed E-state index contributed by atoms with van der Waals surface area (Å²) in [4.78, 5) is 22.5. The number of carbonyl (C=O) groups is 2. The van der Waals surface area contributed by atoms with E-state index in [1.807, 2.05) is 18.2 Å². The van der Waals surface area contributed by atoms with Gasteiger partial charge in [-0.15, -0.1) is 0 Å². The van der Waals surface area contributed by atoms with Crippen molar-refractivity contribution in [1.82, 2.24) is 10.6 Å². The largest absolute Gasteiger partial charge is 0.352 e. The zero-order valence-corrected chi connectivity index (χ0v) is 11.0.